The van der Waals surface area contributed by atoms with Gasteiger partial charge in [-0.3, -0.25) is 14.9 Å². The molecule has 0 fully saturated rings. The molecule has 2 rings (SSSR count). The van der Waals surface area contributed by atoms with Crippen molar-refractivity contribution in [3.63, 3.8) is 0 Å². The smallest absolute Gasteiger partial charge is 0.326 e. The number of nitro groups is 1. The fourth-order valence-corrected chi connectivity index (χ4v) is 2.46. The molecule has 1 atom stereocenters. The number of amides is 1. The van der Waals surface area contributed by atoms with Crippen molar-refractivity contribution in [3.05, 3.63) is 63.7 Å². The molecule has 1 amide bonds. The number of carbonyl (C=O) groups excluding carboxylic acids is 1. The zero-order chi connectivity index (χ0) is 20.0. The number of ether oxygens (including phenoxy) is 1. The van der Waals surface area contributed by atoms with Crippen LogP contribution in [0.4, 0.5) is 5.69 Å². The van der Waals surface area contributed by atoms with E-state index < -0.39 is 22.8 Å². The minimum atomic E-state index is -1.19. The number of rotatable bonds is 8. The molecule has 9 heteroatoms. The van der Waals surface area contributed by atoms with E-state index in [1.807, 2.05) is 0 Å². The van der Waals surface area contributed by atoms with E-state index in [0.29, 0.717) is 11.1 Å². The fourth-order valence-electron chi connectivity index (χ4n) is 2.46. The molecule has 27 heavy (non-hydrogen) atoms. The molecule has 0 heterocycles. The van der Waals surface area contributed by atoms with E-state index in [2.05, 4.69) is 5.32 Å². The number of benzene rings is 2. The van der Waals surface area contributed by atoms with Gasteiger partial charge in [-0.2, -0.15) is 0 Å². The molecule has 2 aromatic carbocycles. The Morgan fingerprint density at radius 3 is 2.56 bits per heavy atom. The summed E-state index contributed by atoms with van der Waals surface area (Å²) in [6, 6.07) is 9.28. The molecule has 0 radical (unpaired) electrons. The molecule has 0 aliphatic heterocycles. The molecule has 3 N–H and O–H groups in total. The van der Waals surface area contributed by atoms with Crippen molar-refractivity contribution in [1.82, 2.24) is 5.32 Å². The van der Waals surface area contributed by atoms with Crippen molar-refractivity contribution in [2.45, 2.75) is 26.0 Å². The Morgan fingerprint density at radius 2 is 1.96 bits per heavy atom. The van der Waals surface area contributed by atoms with Crippen molar-refractivity contribution in [2.24, 2.45) is 0 Å². The molecule has 0 bridgehead atoms. The molecule has 0 saturated heterocycles. The molecule has 0 aliphatic carbocycles. The Labute approximate surface area is 154 Å². The minimum Gasteiger partial charge on any atom is -0.504 e. The monoisotopic (exact) mass is 374 g/mol. The number of phenolic OH excluding ortho intramolecular Hbond substituents is 1. The second-order valence-corrected chi connectivity index (χ2v) is 5.77. The van der Waals surface area contributed by atoms with E-state index >= 15 is 0 Å². The lowest BCUT2D eigenvalue weighted by molar-refractivity contribution is -0.385. The van der Waals surface area contributed by atoms with E-state index in [4.69, 9.17) is 9.84 Å². The summed E-state index contributed by atoms with van der Waals surface area (Å²) >= 11 is 0. The first-order chi connectivity index (χ1) is 12.8. The molecule has 0 aliphatic rings. The van der Waals surface area contributed by atoms with Crippen molar-refractivity contribution < 1.29 is 29.5 Å². The maximum Gasteiger partial charge on any atom is 0.326 e. The largest absolute Gasteiger partial charge is 0.504 e. The van der Waals surface area contributed by atoms with Gasteiger partial charge in [0.15, 0.2) is 11.5 Å². The first kappa shape index (κ1) is 19.7. The van der Waals surface area contributed by atoms with Gasteiger partial charge in [-0.25, -0.2) is 4.79 Å². The number of aromatic hydroxyl groups is 1. The van der Waals surface area contributed by atoms with Crippen molar-refractivity contribution in [2.75, 3.05) is 0 Å². The molecule has 0 spiro atoms. The van der Waals surface area contributed by atoms with Crippen molar-refractivity contribution in [3.8, 4) is 11.5 Å². The number of nitrogens with one attached hydrogen (secondary N) is 1. The average Bonchev–Trinajstić information content (AvgIpc) is 2.60. The number of carboxylic acids is 1. The van der Waals surface area contributed by atoms with E-state index in [-0.39, 0.29) is 30.2 Å². The number of hydrogen-bond acceptors (Lipinski definition) is 6. The summed E-state index contributed by atoms with van der Waals surface area (Å²) in [5.41, 5.74) is 0.738. The molecule has 2 aromatic rings. The number of hydrogen-bond donors (Lipinski definition) is 3. The number of carboxylic acid groups (broad SMARTS) is 1. The lowest BCUT2D eigenvalue weighted by atomic mass is 10.1. The Bertz CT molecular complexity index is 867. The number of para-hydroxylation sites is 1. The maximum atomic E-state index is 11.2. The summed E-state index contributed by atoms with van der Waals surface area (Å²) in [6.45, 7) is 1.10. The molecule has 0 saturated carbocycles. The fraction of sp³-hybridized carbons (Fsp3) is 0.222. The minimum absolute atomic E-state index is 0.0209. The van der Waals surface area contributed by atoms with Crippen LogP contribution in [0.3, 0.4) is 0 Å². The number of aliphatic carboxylic acids is 1. The number of nitrogens with zero attached hydrogens (tertiary/aromatic N) is 1. The van der Waals surface area contributed by atoms with Crippen LogP contribution in [0.15, 0.2) is 42.5 Å². The van der Waals surface area contributed by atoms with Crippen molar-refractivity contribution >= 4 is 17.6 Å². The van der Waals surface area contributed by atoms with Gasteiger partial charge in [0.25, 0.3) is 5.69 Å². The quantitative estimate of drug-likeness (QED) is 0.474. The van der Waals surface area contributed by atoms with Crippen molar-refractivity contribution in [1.29, 1.82) is 0 Å². The standard InChI is InChI=1S/C18H18N2O7/c1-11(21)19-14(18(23)24)8-12-6-7-17(16(22)9-12)27-10-13-4-2-3-5-15(13)20(25)26/h2-7,9,14,22H,8,10H2,1H3,(H,19,21)(H,23,24)/t14-/m1/s1. The topological polar surface area (TPSA) is 139 Å². The second kappa shape index (κ2) is 8.65. The van der Waals surface area contributed by atoms with Crippen LogP contribution in [0.1, 0.15) is 18.1 Å². The summed E-state index contributed by atoms with van der Waals surface area (Å²) in [5.74, 6) is -1.81. The second-order valence-electron chi connectivity index (χ2n) is 5.77. The third-order valence-electron chi connectivity index (χ3n) is 3.71. The Balaban J connectivity index is 2.10. The van der Waals surface area contributed by atoms with Crippen LogP contribution in [0, 0.1) is 10.1 Å². The van der Waals surface area contributed by atoms with E-state index in [0.717, 1.165) is 0 Å². The Kier molecular flexibility index (Phi) is 6.32. The van der Waals surface area contributed by atoms with Crippen LogP contribution < -0.4 is 10.1 Å². The number of phenols is 1. The van der Waals surface area contributed by atoms with Crippen LogP contribution >= 0.6 is 0 Å². The molecule has 142 valence electrons. The predicted octanol–water partition coefficient (Wildman–Crippen LogP) is 2.01. The van der Waals surface area contributed by atoms with E-state index in [9.17, 15) is 24.8 Å². The van der Waals surface area contributed by atoms with Crippen LogP contribution in [-0.4, -0.2) is 33.1 Å². The molecule has 0 aromatic heterocycles. The molecular weight excluding hydrogens is 356 g/mol. The van der Waals surface area contributed by atoms with Gasteiger partial charge in [-0.1, -0.05) is 18.2 Å². The third-order valence-corrected chi connectivity index (χ3v) is 3.71. The van der Waals surface area contributed by atoms with E-state index in [1.165, 1.54) is 25.1 Å². The highest BCUT2D eigenvalue weighted by atomic mass is 16.6. The average molecular weight is 374 g/mol. The lowest BCUT2D eigenvalue weighted by Gasteiger charge is -2.14. The van der Waals surface area contributed by atoms with Gasteiger partial charge in [-0.15, -0.1) is 0 Å². The van der Waals surface area contributed by atoms with Crippen LogP contribution in [0.2, 0.25) is 0 Å². The first-order valence-electron chi connectivity index (χ1n) is 7.95. The van der Waals surface area contributed by atoms with Gasteiger partial charge in [0.2, 0.25) is 5.91 Å². The predicted molar refractivity (Wildman–Crippen MR) is 94.5 cm³/mol. The lowest BCUT2D eigenvalue weighted by Crippen LogP contribution is -2.41. The number of carbonyl (C=O) groups is 2. The first-order valence-corrected chi connectivity index (χ1v) is 7.95. The Hall–Kier alpha value is -3.62. The molecule has 0 unspecified atom stereocenters. The van der Waals surface area contributed by atoms with Gasteiger partial charge < -0.3 is 20.3 Å². The SMILES string of the molecule is CC(=O)N[C@H](Cc1ccc(OCc2ccccc2[N+](=O)[O-])c(O)c1)C(=O)O. The summed E-state index contributed by atoms with van der Waals surface area (Å²) in [6.07, 6.45) is -0.0209. The zero-order valence-corrected chi connectivity index (χ0v) is 14.4. The highest BCUT2D eigenvalue weighted by Crippen LogP contribution is 2.29. The highest BCUT2D eigenvalue weighted by Gasteiger charge is 2.20. The van der Waals surface area contributed by atoms with Crippen LogP contribution in [-0.2, 0) is 22.6 Å². The van der Waals surface area contributed by atoms with Crippen LogP contribution in [0.25, 0.3) is 0 Å². The van der Waals surface area contributed by atoms with Crippen LogP contribution in [0.5, 0.6) is 11.5 Å². The summed E-state index contributed by atoms with van der Waals surface area (Å²) in [5, 5.41) is 32.5. The maximum absolute atomic E-state index is 11.2. The summed E-state index contributed by atoms with van der Waals surface area (Å²) < 4.78 is 5.45. The summed E-state index contributed by atoms with van der Waals surface area (Å²) in [7, 11) is 0. The molecular formula is C18H18N2O7. The van der Waals surface area contributed by atoms with Gasteiger partial charge in [-0.05, 0) is 23.8 Å². The Morgan fingerprint density at radius 1 is 1.26 bits per heavy atom. The zero-order valence-electron chi connectivity index (χ0n) is 14.4. The van der Waals surface area contributed by atoms with Gasteiger partial charge >= 0.3 is 5.97 Å². The highest BCUT2D eigenvalue weighted by molar-refractivity contribution is 5.82. The third kappa shape index (κ3) is 5.43. The van der Waals surface area contributed by atoms with E-state index in [1.54, 1.807) is 24.3 Å². The van der Waals surface area contributed by atoms with Gasteiger partial charge in [0, 0.05) is 19.4 Å². The van der Waals surface area contributed by atoms with Gasteiger partial charge in [0.1, 0.15) is 12.6 Å². The normalized spacial score (nSPS) is 11.4. The molecule has 9 nitrogen and oxygen atoms in total. The summed E-state index contributed by atoms with van der Waals surface area (Å²) in [4.78, 5) is 32.7. The van der Waals surface area contributed by atoms with Gasteiger partial charge in [0.05, 0.1) is 10.5 Å². The number of nitro benzene ring substituents is 1.